The van der Waals surface area contributed by atoms with E-state index in [4.69, 9.17) is 11.6 Å². The lowest BCUT2D eigenvalue weighted by atomic mass is 10.3. The third-order valence-electron chi connectivity index (χ3n) is 3.01. The molecule has 0 aliphatic rings. The van der Waals surface area contributed by atoms with Crippen molar-refractivity contribution >= 4 is 35.1 Å². The van der Waals surface area contributed by atoms with E-state index in [0.29, 0.717) is 29.7 Å². The molecule has 128 valence electrons. The summed E-state index contributed by atoms with van der Waals surface area (Å²) in [5, 5.41) is 12.4. The number of amides is 2. The summed E-state index contributed by atoms with van der Waals surface area (Å²) in [6.45, 7) is 5.66. The van der Waals surface area contributed by atoms with E-state index in [1.165, 1.54) is 0 Å². The normalized spacial score (nSPS) is 10.1. The number of carbonyl (C=O) groups is 1. The van der Waals surface area contributed by atoms with Crippen LogP contribution in [0.25, 0.3) is 0 Å². The average molecular weight is 349 g/mol. The van der Waals surface area contributed by atoms with Crippen molar-refractivity contribution in [2.24, 2.45) is 0 Å². The Labute approximate surface area is 146 Å². The number of benzene rings is 1. The van der Waals surface area contributed by atoms with E-state index in [2.05, 4.69) is 31.2 Å². The summed E-state index contributed by atoms with van der Waals surface area (Å²) in [7, 11) is 0. The molecular weight excluding hydrogens is 328 g/mol. The van der Waals surface area contributed by atoms with Crippen LogP contribution in [0, 0.1) is 6.92 Å². The molecular formula is C16H21ClN6O. The second-order valence-electron chi connectivity index (χ2n) is 5.06. The molecule has 1 heterocycles. The highest BCUT2D eigenvalue weighted by molar-refractivity contribution is 6.30. The Bertz CT molecular complexity index is 677. The molecule has 7 nitrogen and oxygen atoms in total. The molecule has 0 aliphatic carbocycles. The molecule has 0 atom stereocenters. The predicted octanol–water partition coefficient (Wildman–Crippen LogP) is 3.10. The fraction of sp³-hybridized carbons (Fsp3) is 0.312. The maximum absolute atomic E-state index is 11.8. The fourth-order valence-electron chi connectivity index (χ4n) is 1.97. The number of rotatable bonds is 7. The molecule has 0 spiro atoms. The number of aromatic nitrogens is 2. The van der Waals surface area contributed by atoms with Gasteiger partial charge in [0.15, 0.2) is 0 Å². The summed E-state index contributed by atoms with van der Waals surface area (Å²) < 4.78 is 0. The molecule has 0 unspecified atom stereocenters. The molecule has 24 heavy (non-hydrogen) atoms. The number of hydrogen-bond donors (Lipinski definition) is 4. The van der Waals surface area contributed by atoms with Gasteiger partial charge in [-0.3, -0.25) is 0 Å². The van der Waals surface area contributed by atoms with Crippen LogP contribution in [-0.4, -0.2) is 35.6 Å². The van der Waals surface area contributed by atoms with Gasteiger partial charge < -0.3 is 21.3 Å². The predicted molar refractivity (Wildman–Crippen MR) is 97.9 cm³/mol. The van der Waals surface area contributed by atoms with Gasteiger partial charge in [-0.05, 0) is 38.1 Å². The molecule has 8 heteroatoms. The van der Waals surface area contributed by atoms with E-state index in [-0.39, 0.29) is 6.03 Å². The minimum atomic E-state index is -0.272. The number of carbonyl (C=O) groups excluding carboxylic acids is 1. The third kappa shape index (κ3) is 5.92. The largest absolute Gasteiger partial charge is 0.368 e. The van der Waals surface area contributed by atoms with Crippen molar-refractivity contribution in [3.63, 3.8) is 0 Å². The molecule has 1 aromatic carbocycles. The highest BCUT2D eigenvalue weighted by Gasteiger charge is 2.03. The van der Waals surface area contributed by atoms with Crippen molar-refractivity contribution < 1.29 is 4.79 Å². The van der Waals surface area contributed by atoms with E-state index in [9.17, 15) is 4.79 Å². The van der Waals surface area contributed by atoms with Crippen LogP contribution in [0.1, 0.15) is 12.6 Å². The van der Waals surface area contributed by atoms with E-state index >= 15 is 0 Å². The first-order chi connectivity index (χ1) is 11.6. The van der Waals surface area contributed by atoms with Crippen LogP contribution < -0.4 is 21.3 Å². The number of urea groups is 1. The van der Waals surface area contributed by atoms with Crippen molar-refractivity contribution in [2.75, 3.05) is 35.6 Å². The topological polar surface area (TPSA) is 91.0 Å². The van der Waals surface area contributed by atoms with Crippen molar-refractivity contribution in [1.82, 2.24) is 15.3 Å². The van der Waals surface area contributed by atoms with Gasteiger partial charge in [-0.2, -0.15) is 4.98 Å². The van der Waals surface area contributed by atoms with Crippen LogP contribution in [0.5, 0.6) is 0 Å². The summed E-state index contributed by atoms with van der Waals surface area (Å²) in [6.07, 6.45) is 0. The van der Waals surface area contributed by atoms with E-state index in [0.717, 1.165) is 18.1 Å². The molecule has 2 amide bonds. The van der Waals surface area contributed by atoms with Gasteiger partial charge in [0.25, 0.3) is 0 Å². The third-order valence-corrected chi connectivity index (χ3v) is 3.26. The molecule has 2 rings (SSSR count). The fourth-order valence-corrected chi connectivity index (χ4v) is 2.10. The number of nitrogens with one attached hydrogen (secondary N) is 4. The quantitative estimate of drug-likeness (QED) is 0.577. The molecule has 0 bridgehead atoms. The number of halogens is 1. The lowest BCUT2D eigenvalue weighted by Crippen LogP contribution is -2.32. The standard InChI is InChI=1S/C16H21ClN6O/c1-3-18-15-21-11(2)10-14(23-15)19-8-9-20-16(24)22-13-6-4-12(17)5-7-13/h4-7,10H,3,8-9H2,1-2H3,(H2,20,22,24)(H2,18,19,21,23). The molecule has 2 aromatic rings. The summed E-state index contributed by atoms with van der Waals surface area (Å²) >= 11 is 5.80. The monoisotopic (exact) mass is 348 g/mol. The summed E-state index contributed by atoms with van der Waals surface area (Å²) in [5.74, 6) is 1.31. The second-order valence-corrected chi connectivity index (χ2v) is 5.50. The van der Waals surface area contributed by atoms with Gasteiger partial charge in [-0.1, -0.05) is 11.6 Å². The van der Waals surface area contributed by atoms with Crippen molar-refractivity contribution in [3.05, 3.63) is 41.0 Å². The SMILES string of the molecule is CCNc1nc(C)cc(NCCNC(=O)Nc2ccc(Cl)cc2)n1. The first-order valence-electron chi connectivity index (χ1n) is 7.70. The zero-order valence-corrected chi connectivity index (χ0v) is 14.4. The van der Waals surface area contributed by atoms with Gasteiger partial charge >= 0.3 is 6.03 Å². The van der Waals surface area contributed by atoms with Crippen LogP contribution >= 0.6 is 11.6 Å². The Hall–Kier alpha value is -2.54. The first-order valence-corrected chi connectivity index (χ1v) is 8.08. The van der Waals surface area contributed by atoms with Gasteiger partial charge in [-0.25, -0.2) is 9.78 Å². The van der Waals surface area contributed by atoms with Gasteiger partial charge in [-0.15, -0.1) is 0 Å². The maximum atomic E-state index is 11.8. The molecule has 0 aliphatic heterocycles. The lowest BCUT2D eigenvalue weighted by Gasteiger charge is -2.10. The Kier molecular flexibility index (Phi) is 6.62. The average Bonchev–Trinajstić information content (AvgIpc) is 2.54. The van der Waals surface area contributed by atoms with Crippen LogP contribution in [0.15, 0.2) is 30.3 Å². The maximum Gasteiger partial charge on any atom is 0.319 e. The molecule has 0 saturated heterocycles. The molecule has 0 saturated carbocycles. The van der Waals surface area contributed by atoms with Crippen molar-refractivity contribution in [2.45, 2.75) is 13.8 Å². The minimum Gasteiger partial charge on any atom is -0.368 e. The van der Waals surface area contributed by atoms with E-state index in [1.807, 2.05) is 19.9 Å². The summed E-state index contributed by atoms with van der Waals surface area (Å²) in [6, 6.07) is 8.51. The molecule has 1 aromatic heterocycles. The Balaban J connectivity index is 1.74. The Morgan fingerprint density at radius 1 is 1.12 bits per heavy atom. The highest BCUT2D eigenvalue weighted by atomic mass is 35.5. The van der Waals surface area contributed by atoms with E-state index < -0.39 is 0 Å². The minimum absolute atomic E-state index is 0.272. The van der Waals surface area contributed by atoms with Gasteiger partial charge in [0.2, 0.25) is 5.95 Å². The molecule has 0 fully saturated rings. The Morgan fingerprint density at radius 2 is 1.88 bits per heavy atom. The molecule has 4 N–H and O–H groups in total. The smallest absolute Gasteiger partial charge is 0.319 e. The summed E-state index contributed by atoms with van der Waals surface area (Å²) in [4.78, 5) is 20.4. The second kappa shape index (κ2) is 8.93. The zero-order chi connectivity index (χ0) is 17.4. The van der Waals surface area contributed by atoms with Crippen LogP contribution in [0.4, 0.5) is 22.2 Å². The number of anilines is 3. The zero-order valence-electron chi connectivity index (χ0n) is 13.7. The van der Waals surface area contributed by atoms with Crippen molar-refractivity contribution in [1.29, 1.82) is 0 Å². The van der Waals surface area contributed by atoms with Gasteiger partial charge in [0.05, 0.1) is 0 Å². The lowest BCUT2D eigenvalue weighted by molar-refractivity contribution is 0.252. The summed E-state index contributed by atoms with van der Waals surface area (Å²) in [5.41, 5.74) is 1.56. The van der Waals surface area contributed by atoms with E-state index in [1.54, 1.807) is 24.3 Å². The number of nitrogens with zero attached hydrogens (tertiary/aromatic N) is 2. The van der Waals surface area contributed by atoms with Crippen molar-refractivity contribution in [3.8, 4) is 0 Å². The first kappa shape index (κ1) is 17.8. The van der Waals surface area contributed by atoms with Crippen LogP contribution in [0.3, 0.4) is 0 Å². The van der Waals surface area contributed by atoms with Gasteiger partial charge in [0, 0.05) is 42.1 Å². The number of aryl methyl sites for hydroxylation is 1. The highest BCUT2D eigenvalue weighted by Crippen LogP contribution is 2.13. The van der Waals surface area contributed by atoms with Gasteiger partial charge in [0.1, 0.15) is 5.82 Å². The van der Waals surface area contributed by atoms with Crippen LogP contribution in [-0.2, 0) is 0 Å². The molecule has 0 radical (unpaired) electrons. The Morgan fingerprint density at radius 3 is 2.58 bits per heavy atom. The number of hydrogen-bond acceptors (Lipinski definition) is 5. The van der Waals surface area contributed by atoms with Crippen LogP contribution in [0.2, 0.25) is 5.02 Å².